The van der Waals surface area contributed by atoms with Crippen molar-refractivity contribution < 1.29 is 9.16 Å². The van der Waals surface area contributed by atoms with Gasteiger partial charge in [-0.2, -0.15) is 0 Å². The van der Waals surface area contributed by atoms with E-state index in [9.17, 15) is 0 Å². The Balaban J connectivity index is 2.35. The normalized spacial score (nSPS) is 10.9. The van der Waals surface area contributed by atoms with Crippen LogP contribution in [-0.2, 0) is 15.6 Å². The largest absolute Gasteiger partial charge is 0.416 e. The predicted molar refractivity (Wildman–Crippen MR) is 83.7 cm³/mol. The molecule has 19 heavy (non-hydrogen) atoms. The highest BCUT2D eigenvalue weighted by Gasteiger charge is 2.11. The third-order valence-corrected chi connectivity index (χ3v) is 5.43. The maximum absolute atomic E-state index is 6.06. The Morgan fingerprint density at radius 2 is 2.11 bits per heavy atom. The molecule has 0 saturated carbocycles. The Hall–Kier alpha value is -0.903. The predicted octanol–water partition coefficient (Wildman–Crippen LogP) is 3.94. The van der Waals surface area contributed by atoms with Crippen LogP contribution in [0.5, 0.6) is 0 Å². The van der Waals surface area contributed by atoms with Crippen molar-refractivity contribution in [3.63, 3.8) is 0 Å². The van der Waals surface area contributed by atoms with Gasteiger partial charge >= 0.3 is 0 Å². The first-order chi connectivity index (χ1) is 9.30. The molecule has 3 heteroatoms. The lowest BCUT2D eigenvalue weighted by Crippen LogP contribution is -2.21. The second-order valence-electron chi connectivity index (χ2n) is 4.58. The van der Waals surface area contributed by atoms with Crippen LogP contribution in [0.4, 0.5) is 0 Å². The monoisotopic (exact) mass is 277 g/mol. The van der Waals surface area contributed by atoms with Gasteiger partial charge in [0, 0.05) is 20.3 Å². The van der Waals surface area contributed by atoms with Crippen LogP contribution in [0.1, 0.15) is 24.5 Å². The quantitative estimate of drug-likeness (QED) is 0.603. The first kappa shape index (κ1) is 16.2. The van der Waals surface area contributed by atoms with Gasteiger partial charge in [0.1, 0.15) is 0 Å². The molecule has 0 N–H and O–H groups in total. The SMILES string of the molecule is C=Cc1cccc(CCO[Si](CCC)CCOC)c1. The van der Waals surface area contributed by atoms with Crippen LogP contribution >= 0.6 is 0 Å². The van der Waals surface area contributed by atoms with Crippen molar-refractivity contribution in [2.75, 3.05) is 20.3 Å². The summed E-state index contributed by atoms with van der Waals surface area (Å²) in [6, 6.07) is 10.8. The minimum atomic E-state index is -0.688. The summed E-state index contributed by atoms with van der Waals surface area (Å²) in [6.07, 6.45) is 4.06. The summed E-state index contributed by atoms with van der Waals surface area (Å²) in [5.74, 6) is 0. The van der Waals surface area contributed by atoms with Gasteiger partial charge in [-0.1, -0.05) is 50.3 Å². The van der Waals surface area contributed by atoms with Crippen LogP contribution in [0.15, 0.2) is 30.8 Å². The van der Waals surface area contributed by atoms with Gasteiger partial charge in [0.15, 0.2) is 0 Å². The standard InChI is InChI=1S/C16H25O2Si/c1-4-12-19(13-11-17-3)18-10-9-16-8-6-7-15(5-2)14-16/h5-8,14H,2,4,9-13H2,1,3H3. The molecule has 1 radical (unpaired) electrons. The average Bonchev–Trinajstić information content (AvgIpc) is 2.45. The van der Waals surface area contributed by atoms with Crippen molar-refractivity contribution in [1.29, 1.82) is 0 Å². The van der Waals surface area contributed by atoms with Gasteiger partial charge in [-0.15, -0.1) is 0 Å². The van der Waals surface area contributed by atoms with Crippen LogP contribution in [0.2, 0.25) is 12.1 Å². The summed E-state index contributed by atoms with van der Waals surface area (Å²) in [6.45, 7) is 7.65. The first-order valence-corrected chi connectivity index (χ1v) is 8.80. The van der Waals surface area contributed by atoms with E-state index in [0.717, 1.165) is 25.7 Å². The van der Waals surface area contributed by atoms with Gasteiger partial charge in [-0.25, -0.2) is 0 Å². The van der Waals surface area contributed by atoms with Crippen LogP contribution in [0.3, 0.4) is 0 Å². The molecule has 0 aliphatic heterocycles. The highest BCUT2D eigenvalue weighted by atomic mass is 28.3. The van der Waals surface area contributed by atoms with E-state index in [4.69, 9.17) is 9.16 Å². The lowest BCUT2D eigenvalue weighted by atomic mass is 10.1. The molecule has 0 aliphatic rings. The Kier molecular flexibility index (Phi) is 8.46. The molecule has 0 fully saturated rings. The van der Waals surface area contributed by atoms with Crippen molar-refractivity contribution in [1.82, 2.24) is 0 Å². The Morgan fingerprint density at radius 1 is 1.26 bits per heavy atom. The van der Waals surface area contributed by atoms with Crippen LogP contribution in [0.25, 0.3) is 6.08 Å². The molecular weight excluding hydrogens is 252 g/mol. The van der Waals surface area contributed by atoms with E-state index in [1.807, 2.05) is 6.08 Å². The smallest absolute Gasteiger partial charge is 0.213 e. The van der Waals surface area contributed by atoms with E-state index < -0.39 is 9.04 Å². The molecule has 2 nitrogen and oxygen atoms in total. The molecule has 1 aromatic rings. The van der Waals surface area contributed by atoms with Crippen molar-refractivity contribution in [3.05, 3.63) is 42.0 Å². The number of ether oxygens (including phenoxy) is 1. The van der Waals surface area contributed by atoms with Crippen molar-refractivity contribution >= 4 is 15.1 Å². The fourth-order valence-electron chi connectivity index (χ4n) is 1.95. The second-order valence-corrected chi connectivity index (χ2v) is 6.95. The lowest BCUT2D eigenvalue weighted by molar-refractivity contribution is 0.208. The van der Waals surface area contributed by atoms with Crippen molar-refractivity contribution in [2.45, 2.75) is 31.9 Å². The molecule has 0 unspecified atom stereocenters. The number of benzene rings is 1. The van der Waals surface area contributed by atoms with Crippen molar-refractivity contribution in [2.24, 2.45) is 0 Å². The van der Waals surface area contributed by atoms with E-state index in [0.29, 0.717) is 0 Å². The molecule has 0 saturated heterocycles. The Bertz CT molecular complexity index is 366. The summed E-state index contributed by atoms with van der Waals surface area (Å²) in [5, 5.41) is 0. The minimum Gasteiger partial charge on any atom is -0.416 e. The zero-order valence-electron chi connectivity index (χ0n) is 12.2. The molecule has 0 aromatic heterocycles. The van der Waals surface area contributed by atoms with E-state index in [-0.39, 0.29) is 0 Å². The number of hydrogen-bond donors (Lipinski definition) is 0. The van der Waals surface area contributed by atoms with Crippen molar-refractivity contribution in [3.8, 4) is 0 Å². The maximum Gasteiger partial charge on any atom is 0.213 e. The van der Waals surface area contributed by atoms with Gasteiger partial charge in [-0.3, -0.25) is 0 Å². The molecule has 0 atom stereocenters. The first-order valence-electron chi connectivity index (χ1n) is 6.98. The summed E-state index contributed by atoms with van der Waals surface area (Å²) in [4.78, 5) is 0. The molecule has 1 aromatic carbocycles. The lowest BCUT2D eigenvalue weighted by Gasteiger charge is -2.14. The fraction of sp³-hybridized carbons (Fsp3) is 0.500. The molecule has 105 valence electrons. The number of methoxy groups -OCH3 is 1. The van der Waals surface area contributed by atoms with Gasteiger partial charge in [0.2, 0.25) is 9.04 Å². The van der Waals surface area contributed by atoms with Gasteiger partial charge < -0.3 is 9.16 Å². The minimum absolute atomic E-state index is 0.688. The van der Waals surface area contributed by atoms with E-state index in [2.05, 4.69) is 37.8 Å². The maximum atomic E-state index is 6.06. The molecule has 0 heterocycles. The highest BCUT2D eigenvalue weighted by molar-refractivity contribution is 6.51. The molecule has 1 rings (SSSR count). The van der Waals surface area contributed by atoms with Gasteiger partial charge in [0.05, 0.1) is 0 Å². The van der Waals surface area contributed by atoms with E-state index in [1.165, 1.54) is 23.6 Å². The zero-order valence-corrected chi connectivity index (χ0v) is 13.2. The summed E-state index contributed by atoms with van der Waals surface area (Å²) < 4.78 is 11.2. The Labute approximate surface area is 119 Å². The molecule has 0 bridgehead atoms. The summed E-state index contributed by atoms with van der Waals surface area (Å²) in [7, 11) is 1.07. The topological polar surface area (TPSA) is 18.5 Å². The third kappa shape index (κ3) is 6.71. The molecular formula is C16H25O2Si. The second kappa shape index (κ2) is 9.95. The summed E-state index contributed by atoms with van der Waals surface area (Å²) in [5.41, 5.74) is 2.50. The number of rotatable bonds is 10. The van der Waals surface area contributed by atoms with Crippen LogP contribution in [0, 0.1) is 0 Å². The van der Waals surface area contributed by atoms with Gasteiger partial charge in [-0.05, 0) is 29.6 Å². The molecule has 0 spiro atoms. The van der Waals surface area contributed by atoms with Crippen LogP contribution < -0.4 is 0 Å². The van der Waals surface area contributed by atoms with E-state index in [1.54, 1.807) is 7.11 Å². The fourth-order valence-corrected chi connectivity index (χ4v) is 3.87. The third-order valence-electron chi connectivity index (χ3n) is 3.00. The average molecular weight is 277 g/mol. The van der Waals surface area contributed by atoms with E-state index >= 15 is 0 Å². The Morgan fingerprint density at radius 3 is 2.79 bits per heavy atom. The highest BCUT2D eigenvalue weighted by Crippen LogP contribution is 2.09. The zero-order chi connectivity index (χ0) is 13.9. The summed E-state index contributed by atoms with van der Waals surface area (Å²) >= 11 is 0. The molecule has 0 amide bonds. The molecule has 0 aliphatic carbocycles. The number of hydrogen-bond acceptors (Lipinski definition) is 2. The van der Waals surface area contributed by atoms with Crippen LogP contribution in [-0.4, -0.2) is 29.4 Å². The van der Waals surface area contributed by atoms with Gasteiger partial charge in [0.25, 0.3) is 0 Å².